The third kappa shape index (κ3) is 3.03. The van der Waals surface area contributed by atoms with Crippen molar-refractivity contribution in [3.05, 3.63) is 63.4 Å². The van der Waals surface area contributed by atoms with Gasteiger partial charge in [0.2, 0.25) is 0 Å². The van der Waals surface area contributed by atoms with Crippen LogP contribution in [0.2, 0.25) is 5.02 Å². The van der Waals surface area contributed by atoms with E-state index in [1.165, 1.54) is 16.7 Å². The number of pyridine rings is 1. The van der Waals surface area contributed by atoms with Crippen LogP contribution >= 0.6 is 11.6 Å². The van der Waals surface area contributed by atoms with E-state index in [9.17, 15) is 9.18 Å². The zero-order valence-electron chi connectivity index (χ0n) is 12.3. The lowest BCUT2D eigenvalue weighted by atomic mass is 10.2. The Morgan fingerprint density at radius 3 is 2.91 bits per heavy atom. The fourth-order valence-electron chi connectivity index (χ4n) is 2.28. The molecule has 0 N–H and O–H groups in total. The Balaban J connectivity index is 2.18. The predicted octanol–water partition coefficient (Wildman–Crippen LogP) is 3.03. The fourth-order valence-corrected chi connectivity index (χ4v) is 2.51. The number of halogens is 2. The van der Waals surface area contributed by atoms with Crippen molar-refractivity contribution < 1.29 is 9.13 Å². The van der Waals surface area contributed by atoms with Gasteiger partial charge in [-0.1, -0.05) is 17.7 Å². The van der Waals surface area contributed by atoms with E-state index in [2.05, 4.69) is 9.97 Å². The molecule has 0 aliphatic heterocycles. The molecule has 5 nitrogen and oxygen atoms in total. The van der Waals surface area contributed by atoms with Gasteiger partial charge in [-0.25, -0.2) is 9.37 Å². The first-order valence-electron chi connectivity index (χ1n) is 7.01. The molecule has 0 saturated carbocycles. The zero-order chi connectivity index (χ0) is 16.4. The first-order valence-corrected chi connectivity index (χ1v) is 7.39. The Morgan fingerprint density at radius 1 is 1.35 bits per heavy atom. The van der Waals surface area contributed by atoms with Gasteiger partial charge in [-0.2, -0.15) is 0 Å². The molecule has 0 bridgehead atoms. The Labute approximate surface area is 136 Å². The molecule has 0 amide bonds. The average Bonchev–Trinajstić information content (AvgIpc) is 2.53. The van der Waals surface area contributed by atoms with Gasteiger partial charge in [-0.05, 0) is 30.7 Å². The maximum Gasteiger partial charge on any atom is 0.314 e. The Morgan fingerprint density at radius 2 is 2.17 bits per heavy atom. The second-order valence-corrected chi connectivity index (χ2v) is 5.25. The fraction of sp³-hybridized carbons (Fsp3) is 0.188. The second-order valence-electron chi connectivity index (χ2n) is 4.84. The van der Waals surface area contributed by atoms with Gasteiger partial charge in [-0.15, -0.1) is 0 Å². The van der Waals surface area contributed by atoms with Crippen molar-refractivity contribution in [1.82, 2.24) is 14.5 Å². The van der Waals surface area contributed by atoms with Crippen LogP contribution in [0.3, 0.4) is 0 Å². The van der Waals surface area contributed by atoms with Crippen molar-refractivity contribution in [2.24, 2.45) is 0 Å². The maximum absolute atomic E-state index is 13.2. The number of hydrogen-bond acceptors (Lipinski definition) is 4. The predicted molar refractivity (Wildman–Crippen MR) is 85.5 cm³/mol. The molecular formula is C16H13ClFN3O2. The van der Waals surface area contributed by atoms with Crippen LogP contribution in [0.5, 0.6) is 5.88 Å². The molecular weight excluding hydrogens is 321 g/mol. The summed E-state index contributed by atoms with van der Waals surface area (Å²) in [4.78, 5) is 20.8. The first-order chi connectivity index (χ1) is 11.1. The van der Waals surface area contributed by atoms with Gasteiger partial charge >= 0.3 is 5.56 Å². The van der Waals surface area contributed by atoms with Crippen molar-refractivity contribution in [3.8, 4) is 5.88 Å². The van der Waals surface area contributed by atoms with Crippen LogP contribution in [0.25, 0.3) is 11.0 Å². The van der Waals surface area contributed by atoms with Crippen LogP contribution in [0.4, 0.5) is 4.39 Å². The lowest BCUT2D eigenvalue weighted by Crippen LogP contribution is -2.24. The summed E-state index contributed by atoms with van der Waals surface area (Å²) >= 11 is 6.07. The molecule has 1 aromatic carbocycles. The number of ether oxygens (including phenoxy) is 1. The van der Waals surface area contributed by atoms with Crippen molar-refractivity contribution in [2.45, 2.75) is 13.5 Å². The van der Waals surface area contributed by atoms with Gasteiger partial charge < -0.3 is 4.74 Å². The molecule has 0 spiro atoms. The molecule has 0 unspecified atom stereocenters. The third-order valence-corrected chi connectivity index (χ3v) is 3.70. The zero-order valence-corrected chi connectivity index (χ0v) is 13.0. The molecule has 118 valence electrons. The van der Waals surface area contributed by atoms with E-state index in [0.717, 1.165) is 0 Å². The normalized spacial score (nSPS) is 10.9. The molecule has 3 aromatic rings. The van der Waals surface area contributed by atoms with Gasteiger partial charge in [0.15, 0.2) is 0 Å². The van der Waals surface area contributed by atoms with Gasteiger partial charge in [0, 0.05) is 11.2 Å². The lowest BCUT2D eigenvalue weighted by Gasteiger charge is -2.13. The number of fused-ring (bicyclic) bond motifs is 1. The van der Waals surface area contributed by atoms with Crippen LogP contribution in [-0.2, 0) is 6.54 Å². The van der Waals surface area contributed by atoms with Crippen LogP contribution in [-0.4, -0.2) is 21.1 Å². The lowest BCUT2D eigenvalue weighted by molar-refractivity contribution is 0.320. The molecule has 0 aliphatic carbocycles. The highest BCUT2D eigenvalue weighted by Crippen LogP contribution is 2.20. The molecule has 0 fully saturated rings. The van der Waals surface area contributed by atoms with Gasteiger partial charge in [0.05, 0.1) is 24.9 Å². The summed E-state index contributed by atoms with van der Waals surface area (Å²) in [6.07, 6.45) is 3.13. The highest BCUT2D eigenvalue weighted by molar-refractivity contribution is 6.31. The van der Waals surface area contributed by atoms with Crippen LogP contribution in [0, 0.1) is 5.82 Å². The van der Waals surface area contributed by atoms with E-state index < -0.39 is 5.82 Å². The SMILES string of the molecule is CCOc1nc2cnccc2n(Cc2ccc(F)cc2Cl)c1=O. The minimum atomic E-state index is -0.426. The van der Waals surface area contributed by atoms with Gasteiger partial charge in [-0.3, -0.25) is 14.3 Å². The second kappa shape index (κ2) is 6.34. The van der Waals surface area contributed by atoms with E-state index >= 15 is 0 Å². The summed E-state index contributed by atoms with van der Waals surface area (Å²) in [5.74, 6) is -0.420. The van der Waals surface area contributed by atoms with Crippen molar-refractivity contribution in [1.29, 1.82) is 0 Å². The minimum absolute atomic E-state index is 0.00577. The Bertz CT molecular complexity index is 927. The van der Waals surface area contributed by atoms with E-state index in [0.29, 0.717) is 23.2 Å². The minimum Gasteiger partial charge on any atom is -0.474 e. The van der Waals surface area contributed by atoms with E-state index in [4.69, 9.17) is 16.3 Å². The summed E-state index contributed by atoms with van der Waals surface area (Å²) in [6, 6.07) is 5.77. The standard InChI is InChI=1S/C16H13ClFN3O2/c1-2-23-15-16(22)21(14-5-6-19-8-13(14)20-15)9-10-3-4-11(18)7-12(10)17/h3-8H,2,9H2,1H3. The van der Waals surface area contributed by atoms with E-state index in [-0.39, 0.29) is 23.0 Å². The topological polar surface area (TPSA) is 57.0 Å². The van der Waals surface area contributed by atoms with Crippen LogP contribution < -0.4 is 10.3 Å². The van der Waals surface area contributed by atoms with Gasteiger partial charge in [0.25, 0.3) is 5.88 Å². The molecule has 0 radical (unpaired) electrons. The maximum atomic E-state index is 13.2. The Hall–Kier alpha value is -2.47. The molecule has 7 heteroatoms. The molecule has 2 aromatic heterocycles. The summed E-state index contributed by atoms with van der Waals surface area (Å²) < 4.78 is 20.0. The molecule has 0 saturated heterocycles. The number of rotatable bonds is 4. The average molecular weight is 334 g/mol. The molecule has 3 rings (SSSR count). The number of hydrogen-bond donors (Lipinski definition) is 0. The molecule has 0 atom stereocenters. The molecule has 23 heavy (non-hydrogen) atoms. The summed E-state index contributed by atoms with van der Waals surface area (Å²) in [5.41, 5.74) is 1.40. The first kappa shape index (κ1) is 15.4. The smallest absolute Gasteiger partial charge is 0.314 e. The summed E-state index contributed by atoms with van der Waals surface area (Å²) in [7, 11) is 0. The quantitative estimate of drug-likeness (QED) is 0.736. The van der Waals surface area contributed by atoms with E-state index in [1.54, 1.807) is 31.5 Å². The van der Waals surface area contributed by atoms with E-state index in [1.807, 2.05) is 0 Å². The third-order valence-electron chi connectivity index (χ3n) is 3.34. The highest BCUT2D eigenvalue weighted by Gasteiger charge is 2.13. The van der Waals surface area contributed by atoms with Crippen LogP contribution in [0.15, 0.2) is 41.5 Å². The van der Waals surface area contributed by atoms with Crippen molar-refractivity contribution in [3.63, 3.8) is 0 Å². The van der Waals surface area contributed by atoms with Gasteiger partial charge in [0.1, 0.15) is 11.3 Å². The molecule has 0 aliphatic rings. The number of aromatic nitrogens is 3. The monoisotopic (exact) mass is 333 g/mol. The van der Waals surface area contributed by atoms with Crippen molar-refractivity contribution in [2.75, 3.05) is 6.61 Å². The number of benzene rings is 1. The molecule has 2 heterocycles. The van der Waals surface area contributed by atoms with Crippen molar-refractivity contribution >= 4 is 22.6 Å². The summed E-state index contributed by atoms with van der Waals surface area (Å²) in [6.45, 7) is 2.28. The Kier molecular flexibility index (Phi) is 4.25. The highest BCUT2D eigenvalue weighted by atomic mass is 35.5. The largest absolute Gasteiger partial charge is 0.474 e. The summed E-state index contributed by atoms with van der Waals surface area (Å²) in [5, 5.41) is 0.258. The number of nitrogens with zero attached hydrogens (tertiary/aromatic N) is 3. The van der Waals surface area contributed by atoms with Crippen LogP contribution in [0.1, 0.15) is 12.5 Å².